The molecule has 3 aromatic carbocycles. The second-order valence-corrected chi connectivity index (χ2v) is 7.53. The van der Waals surface area contributed by atoms with Gasteiger partial charge in [-0.25, -0.2) is 0 Å². The summed E-state index contributed by atoms with van der Waals surface area (Å²) in [6, 6.07) is 23.8. The van der Waals surface area contributed by atoms with Gasteiger partial charge in [-0.2, -0.15) is 0 Å². The van der Waals surface area contributed by atoms with Gasteiger partial charge in [0.2, 0.25) is 0 Å². The third-order valence-electron chi connectivity index (χ3n) is 5.45. The van der Waals surface area contributed by atoms with Crippen molar-refractivity contribution in [2.75, 3.05) is 43.4 Å². The maximum atomic E-state index is 12.9. The van der Waals surface area contributed by atoms with Gasteiger partial charge >= 0.3 is 0 Å². The van der Waals surface area contributed by atoms with Crippen molar-refractivity contribution in [1.82, 2.24) is 4.90 Å². The van der Waals surface area contributed by atoms with Crippen molar-refractivity contribution in [3.8, 4) is 0 Å². The van der Waals surface area contributed by atoms with Crippen LogP contribution in [-0.2, 0) is 0 Å². The molecular weight excluding hydrogens is 374 g/mol. The van der Waals surface area contributed by atoms with Crippen LogP contribution in [0.4, 0.5) is 11.4 Å². The number of hydrogen-bond acceptors (Lipinski definition) is 4. The lowest BCUT2D eigenvalue weighted by Gasteiger charge is -2.34. The molecule has 0 radical (unpaired) electrons. The van der Waals surface area contributed by atoms with E-state index in [1.54, 1.807) is 36.4 Å². The van der Waals surface area contributed by atoms with Crippen LogP contribution in [0.5, 0.6) is 0 Å². The number of benzene rings is 3. The number of likely N-dealkylation sites (N-methyl/N-ethyl adjacent to an activating group) is 1. The predicted octanol–water partition coefficient (Wildman–Crippen LogP) is 3.92. The smallest absolute Gasteiger partial charge is 0.256 e. The molecule has 0 unspecified atom stereocenters. The van der Waals surface area contributed by atoms with Gasteiger partial charge in [0.25, 0.3) is 5.91 Å². The van der Waals surface area contributed by atoms with E-state index < -0.39 is 0 Å². The van der Waals surface area contributed by atoms with Crippen molar-refractivity contribution in [3.05, 3.63) is 95.6 Å². The van der Waals surface area contributed by atoms with Crippen LogP contribution in [0.2, 0.25) is 0 Å². The lowest BCUT2D eigenvalue weighted by Crippen LogP contribution is -2.44. The zero-order valence-corrected chi connectivity index (χ0v) is 17.0. The Hall–Kier alpha value is -3.44. The lowest BCUT2D eigenvalue weighted by molar-refractivity contribution is 0.0996. The number of nitrogens with zero attached hydrogens (tertiary/aromatic N) is 2. The fourth-order valence-electron chi connectivity index (χ4n) is 3.64. The molecule has 0 spiro atoms. The minimum atomic E-state index is -0.290. The molecule has 3 aromatic rings. The molecule has 5 heteroatoms. The first-order valence-corrected chi connectivity index (χ1v) is 10.2. The highest BCUT2D eigenvalue weighted by Gasteiger charge is 2.18. The molecule has 1 heterocycles. The zero-order valence-electron chi connectivity index (χ0n) is 17.0. The summed E-state index contributed by atoms with van der Waals surface area (Å²) in [5, 5.41) is 2.92. The topological polar surface area (TPSA) is 52.6 Å². The molecule has 30 heavy (non-hydrogen) atoms. The zero-order chi connectivity index (χ0) is 20.9. The number of nitrogens with one attached hydrogen (secondary N) is 1. The van der Waals surface area contributed by atoms with Crippen molar-refractivity contribution in [1.29, 1.82) is 0 Å². The maximum absolute atomic E-state index is 12.9. The van der Waals surface area contributed by atoms with Crippen LogP contribution in [0, 0.1) is 0 Å². The summed E-state index contributed by atoms with van der Waals surface area (Å²) in [6.07, 6.45) is 0. The third-order valence-corrected chi connectivity index (χ3v) is 5.45. The molecular formula is C25H25N3O2. The van der Waals surface area contributed by atoms with Gasteiger partial charge in [0.05, 0.1) is 5.56 Å². The highest BCUT2D eigenvalue weighted by atomic mass is 16.2. The number of anilines is 2. The van der Waals surface area contributed by atoms with E-state index >= 15 is 0 Å². The van der Waals surface area contributed by atoms with E-state index in [-0.39, 0.29) is 11.7 Å². The van der Waals surface area contributed by atoms with E-state index in [1.165, 1.54) is 0 Å². The van der Waals surface area contributed by atoms with Gasteiger partial charge in [0.15, 0.2) is 5.78 Å². The van der Waals surface area contributed by atoms with Gasteiger partial charge in [-0.1, -0.05) is 48.5 Å². The average molecular weight is 399 g/mol. The Kier molecular flexibility index (Phi) is 5.91. The summed E-state index contributed by atoms with van der Waals surface area (Å²) in [5.74, 6) is -0.450. The van der Waals surface area contributed by atoms with Crippen LogP contribution in [-0.4, -0.2) is 49.8 Å². The maximum Gasteiger partial charge on any atom is 0.256 e. The molecule has 1 saturated heterocycles. The summed E-state index contributed by atoms with van der Waals surface area (Å²) >= 11 is 0. The van der Waals surface area contributed by atoms with Crippen LogP contribution in [0.1, 0.15) is 26.3 Å². The first-order valence-electron chi connectivity index (χ1n) is 10.2. The average Bonchev–Trinajstić information content (AvgIpc) is 2.80. The Bertz CT molecular complexity index is 1020. The van der Waals surface area contributed by atoms with Gasteiger partial charge in [-0.15, -0.1) is 0 Å². The van der Waals surface area contributed by atoms with Gasteiger partial charge < -0.3 is 15.1 Å². The standard InChI is InChI=1S/C25H25N3O2/c1-27-15-17-28(18-16-27)21-13-11-20(12-14-21)26-25(30)23-10-6-5-9-22(23)24(29)19-7-3-2-4-8-19/h2-14H,15-18H2,1H3,(H,26,30). The number of carbonyl (C=O) groups is 2. The minimum absolute atomic E-state index is 0.160. The SMILES string of the molecule is CN1CCN(c2ccc(NC(=O)c3ccccc3C(=O)c3ccccc3)cc2)CC1. The molecule has 1 fully saturated rings. The molecule has 1 N–H and O–H groups in total. The molecule has 0 atom stereocenters. The van der Waals surface area contributed by atoms with Crippen molar-refractivity contribution >= 4 is 23.1 Å². The Morgan fingerprint density at radius 2 is 1.33 bits per heavy atom. The quantitative estimate of drug-likeness (QED) is 0.661. The Morgan fingerprint density at radius 3 is 2.00 bits per heavy atom. The molecule has 0 bridgehead atoms. The largest absolute Gasteiger partial charge is 0.369 e. The molecule has 1 aliphatic heterocycles. The highest BCUT2D eigenvalue weighted by molar-refractivity contribution is 6.17. The first-order chi connectivity index (χ1) is 14.6. The lowest BCUT2D eigenvalue weighted by atomic mass is 9.98. The molecule has 0 aromatic heterocycles. The summed E-state index contributed by atoms with van der Waals surface area (Å²) in [6.45, 7) is 4.09. The summed E-state index contributed by atoms with van der Waals surface area (Å²) in [7, 11) is 2.14. The van der Waals surface area contributed by atoms with E-state index in [2.05, 4.69) is 22.2 Å². The van der Waals surface area contributed by atoms with Gasteiger partial charge in [0, 0.05) is 48.7 Å². The molecule has 152 valence electrons. The first kappa shape index (κ1) is 19.9. The molecule has 0 aliphatic carbocycles. The van der Waals surface area contributed by atoms with Crippen LogP contribution in [0.15, 0.2) is 78.9 Å². The fourth-order valence-corrected chi connectivity index (χ4v) is 3.64. The van der Waals surface area contributed by atoms with Gasteiger partial charge in [-0.3, -0.25) is 9.59 Å². The van der Waals surface area contributed by atoms with E-state index in [4.69, 9.17) is 0 Å². The highest BCUT2D eigenvalue weighted by Crippen LogP contribution is 2.21. The van der Waals surface area contributed by atoms with Crippen LogP contribution in [0.25, 0.3) is 0 Å². The Labute approximate surface area is 176 Å². The third kappa shape index (κ3) is 4.42. The number of rotatable bonds is 5. The second kappa shape index (κ2) is 8.93. The van der Waals surface area contributed by atoms with Gasteiger partial charge in [0.1, 0.15) is 0 Å². The Morgan fingerprint density at radius 1 is 0.733 bits per heavy atom. The molecule has 4 rings (SSSR count). The van der Waals surface area contributed by atoms with E-state index in [9.17, 15) is 9.59 Å². The second-order valence-electron chi connectivity index (χ2n) is 7.53. The van der Waals surface area contributed by atoms with Gasteiger partial charge in [-0.05, 0) is 37.4 Å². The van der Waals surface area contributed by atoms with Crippen LogP contribution in [0.3, 0.4) is 0 Å². The van der Waals surface area contributed by atoms with Crippen molar-refractivity contribution in [2.24, 2.45) is 0 Å². The fraction of sp³-hybridized carbons (Fsp3) is 0.200. The van der Waals surface area contributed by atoms with E-state index in [1.807, 2.05) is 42.5 Å². The number of ketones is 1. The number of piperazine rings is 1. The van der Waals surface area contributed by atoms with Crippen molar-refractivity contribution in [3.63, 3.8) is 0 Å². The van der Waals surface area contributed by atoms with Crippen LogP contribution < -0.4 is 10.2 Å². The molecule has 0 saturated carbocycles. The Balaban J connectivity index is 1.49. The normalized spacial score (nSPS) is 14.4. The predicted molar refractivity (Wildman–Crippen MR) is 120 cm³/mol. The molecule has 1 amide bonds. The number of hydrogen-bond donors (Lipinski definition) is 1. The minimum Gasteiger partial charge on any atom is -0.369 e. The summed E-state index contributed by atoms with van der Waals surface area (Å²) in [4.78, 5) is 30.5. The monoisotopic (exact) mass is 399 g/mol. The van der Waals surface area contributed by atoms with Crippen molar-refractivity contribution in [2.45, 2.75) is 0 Å². The number of carbonyl (C=O) groups excluding carboxylic acids is 2. The summed E-state index contributed by atoms with van der Waals surface area (Å²) < 4.78 is 0. The van der Waals surface area contributed by atoms with E-state index in [0.717, 1.165) is 31.9 Å². The summed E-state index contributed by atoms with van der Waals surface area (Å²) in [5.41, 5.74) is 3.19. The number of amides is 1. The van der Waals surface area contributed by atoms with Crippen molar-refractivity contribution < 1.29 is 9.59 Å². The molecule has 1 aliphatic rings. The molecule has 5 nitrogen and oxygen atoms in total. The van der Waals surface area contributed by atoms with Crippen LogP contribution >= 0.6 is 0 Å². The van der Waals surface area contributed by atoms with E-state index in [0.29, 0.717) is 22.4 Å².